The number of aliphatic hydroxyl groups excluding tert-OH is 1. The van der Waals surface area contributed by atoms with Gasteiger partial charge in [-0.1, -0.05) is 79.2 Å². The van der Waals surface area contributed by atoms with Crippen LogP contribution in [0.1, 0.15) is 54.9 Å². The molecular weight excluding hydrogens is 796 g/mol. The second-order valence-electron chi connectivity index (χ2n) is 13.4. The lowest BCUT2D eigenvalue weighted by Crippen LogP contribution is -2.49. The molecular formula is C37H35ClF4N8O6S. The maximum atomic E-state index is 15.1. The molecule has 0 fully saturated rings. The van der Waals surface area contributed by atoms with Crippen molar-refractivity contribution in [2.75, 3.05) is 18.6 Å². The van der Waals surface area contributed by atoms with Crippen molar-refractivity contribution in [3.63, 3.8) is 0 Å². The molecule has 20 heteroatoms. The van der Waals surface area contributed by atoms with E-state index in [4.69, 9.17) is 21.3 Å². The lowest BCUT2D eigenvalue weighted by molar-refractivity contribution is -0.134. The molecule has 1 aliphatic rings. The van der Waals surface area contributed by atoms with Crippen LogP contribution in [-0.2, 0) is 31.5 Å². The topological polar surface area (TPSA) is 174 Å². The standard InChI is InChI=1S/C37H35ClF4N8O6S/c1-22(20-57(2,54)55)15-37(27-11-8-24(9-12-27)26-16-44-48(17-26)34(41)42)33(52)49(35(47-37)46-36(53)56-19-23-6-4-3-5-7-23)30(18-51)25-10-13-28(38)29(14-25)50-32(31(39)40)43-21-45-50/h3-14,16-17,21-22,30-31,34,51H,15,18-20H2,1-2H3,(H,46,47,53)/t22?,30-,37-/m1/s1. The number of aliphatic hydroxyl groups is 1. The second-order valence-corrected chi connectivity index (χ2v) is 16.0. The molecule has 3 atom stereocenters. The number of hydrogen-bond donors (Lipinski definition) is 2. The zero-order valence-corrected chi connectivity index (χ0v) is 31.8. The first-order valence-corrected chi connectivity index (χ1v) is 19.6. The first-order valence-electron chi connectivity index (χ1n) is 17.2. The molecule has 6 rings (SSSR count). The Morgan fingerprint density at radius 1 is 1.02 bits per heavy atom. The first kappa shape index (κ1) is 41.0. The van der Waals surface area contributed by atoms with Crippen molar-refractivity contribution in [1.29, 1.82) is 0 Å². The molecule has 3 heterocycles. The molecule has 0 bridgehead atoms. The van der Waals surface area contributed by atoms with Crippen LogP contribution in [0.3, 0.4) is 0 Å². The molecule has 2 amide bonds. The molecule has 0 saturated carbocycles. The largest absolute Gasteiger partial charge is 0.444 e. The summed E-state index contributed by atoms with van der Waals surface area (Å²) in [7, 11) is -3.58. The van der Waals surface area contributed by atoms with Crippen LogP contribution in [0.25, 0.3) is 16.8 Å². The lowest BCUT2D eigenvalue weighted by Gasteiger charge is -2.32. The number of guanidine groups is 1. The Kier molecular flexibility index (Phi) is 12.1. The van der Waals surface area contributed by atoms with Gasteiger partial charge < -0.3 is 9.84 Å². The van der Waals surface area contributed by atoms with Crippen LogP contribution < -0.4 is 5.32 Å². The molecule has 0 saturated heterocycles. The number of ether oxygens (including phenoxy) is 1. The van der Waals surface area contributed by atoms with E-state index in [1.165, 1.54) is 36.5 Å². The predicted molar refractivity (Wildman–Crippen MR) is 199 cm³/mol. The highest BCUT2D eigenvalue weighted by Crippen LogP contribution is 2.43. The van der Waals surface area contributed by atoms with E-state index in [1.807, 2.05) is 0 Å². The normalized spacial score (nSPS) is 16.9. The van der Waals surface area contributed by atoms with Crippen LogP contribution in [0.5, 0.6) is 0 Å². The molecule has 2 N–H and O–H groups in total. The van der Waals surface area contributed by atoms with Crippen molar-refractivity contribution in [2.24, 2.45) is 10.9 Å². The van der Waals surface area contributed by atoms with Crippen LogP contribution >= 0.6 is 11.6 Å². The molecule has 0 radical (unpaired) electrons. The number of sulfone groups is 1. The number of benzene rings is 3. The zero-order valence-electron chi connectivity index (χ0n) is 30.2. The molecule has 0 aliphatic carbocycles. The van der Waals surface area contributed by atoms with Gasteiger partial charge in [-0.25, -0.2) is 41.3 Å². The quantitative estimate of drug-likeness (QED) is 0.123. The number of carbonyl (C=O) groups excluding carboxylic acids is 2. The van der Waals surface area contributed by atoms with Crippen LogP contribution in [-0.4, -0.2) is 79.5 Å². The molecule has 3 aromatic carbocycles. The summed E-state index contributed by atoms with van der Waals surface area (Å²) in [5.41, 5.74) is -0.162. The molecule has 5 aromatic rings. The monoisotopic (exact) mass is 830 g/mol. The van der Waals surface area contributed by atoms with Crippen molar-refractivity contribution in [3.05, 3.63) is 119 Å². The van der Waals surface area contributed by atoms with E-state index in [0.717, 1.165) is 28.4 Å². The van der Waals surface area contributed by atoms with Gasteiger partial charge in [-0.15, -0.1) is 0 Å². The van der Waals surface area contributed by atoms with E-state index in [2.05, 4.69) is 20.5 Å². The average Bonchev–Trinajstić information content (AvgIpc) is 3.92. The summed E-state index contributed by atoms with van der Waals surface area (Å²) in [6, 6.07) is 17.6. The summed E-state index contributed by atoms with van der Waals surface area (Å²) >= 11 is 6.43. The van der Waals surface area contributed by atoms with Crippen LogP contribution in [0.2, 0.25) is 5.02 Å². The second kappa shape index (κ2) is 16.8. The third kappa shape index (κ3) is 9.00. The third-order valence-electron chi connectivity index (χ3n) is 9.09. The molecule has 0 spiro atoms. The highest BCUT2D eigenvalue weighted by Gasteiger charge is 2.53. The van der Waals surface area contributed by atoms with Gasteiger partial charge in [-0.05, 0) is 46.7 Å². The fourth-order valence-corrected chi connectivity index (χ4v) is 8.03. The molecule has 57 heavy (non-hydrogen) atoms. The number of alkyl carbamates (subject to hydrolysis) is 1. The molecule has 14 nitrogen and oxygen atoms in total. The van der Waals surface area contributed by atoms with Gasteiger partial charge in [0.25, 0.3) is 12.3 Å². The number of nitrogens with zero attached hydrogens (tertiary/aromatic N) is 7. The molecule has 300 valence electrons. The Labute approximate surface area is 328 Å². The van der Waals surface area contributed by atoms with Gasteiger partial charge in [0.2, 0.25) is 5.96 Å². The Hall–Kier alpha value is -5.66. The first-order chi connectivity index (χ1) is 27.1. The van der Waals surface area contributed by atoms with Crippen molar-refractivity contribution in [3.8, 4) is 16.8 Å². The molecule has 1 unspecified atom stereocenters. The fraction of sp³-hybridized carbons (Fsp3) is 0.297. The van der Waals surface area contributed by atoms with Crippen LogP contribution in [0.4, 0.5) is 22.4 Å². The van der Waals surface area contributed by atoms with Gasteiger partial charge >= 0.3 is 12.6 Å². The number of alkyl halides is 4. The summed E-state index contributed by atoms with van der Waals surface area (Å²) in [4.78, 5) is 37.9. The SMILES string of the molecule is CC(C[C@]1(c2ccc(-c3cnn(C(F)F)c3)cc2)N=C(NC(=O)OCc2ccccc2)N([C@H](CO)c2ccc(Cl)c(-n3ncnc3C(F)F)c2)C1=O)CS(C)(=O)=O. The van der Waals surface area contributed by atoms with Gasteiger partial charge in [-0.3, -0.25) is 15.0 Å². The Morgan fingerprint density at radius 3 is 2.37 bits per heavy atom. The van der Waals surface area contributed by atoms with Gasteiger partial charge in [-0.2, -0.15) is 19.0 Å². The van der Waals surface area contributed by atoms with Crippen LogP contribution in [0, 0.1) is 5.92 Å². The molecule has 2 aromatic heterocycles. The summed E-state index contributed by atoms with van der Waals surface area (Å²) in [5, 5.41) is 21.0. The van der Waals surface area contributed by atoms with E-state index >= 15 is 4.79 Å². The number of aliphatic imine (C=N–C) groups is 1. The van der Waals surface area contributed by atoms with Gasteiger partial charge in [0.15, 0.2) is 11.4 Å². The van der Waals surface area contributed by atoms with Crippen molar-refractivity contribution in [1.82, 2.24) is 34.8 Å². The van der Waals surface area contributed by atoms with Crippen molar-refractivity contribution < 1.29 is 45.4 Å². The Balaban J connectivity index is 1.46. The van der Waals surface area contributed by atoms with E-state index < -0.39 is 64.7 Å². The summed E-state index contributed by atoms with van der Waals surface area (Å²) in [5.74, 6) is -2.96. The minimum atomic E-state index is -3.58. The smallest absolute Gasteiger partial charge is 0.414 e. The third-order valence-corrected chi connectivity index (χ3v) is 10.6. The number of carbonyl (C=O) groups is 2. The number of hydrogen-bond acceptors (Lipinski definition) is 10. The van der Waals surface area contributed by atoms with Gasteiger partial charge in [0, 0.05) is 18.0 Å². The predicted octanol–water partition coefficient (Wildman–Crippen LogP) is 6.24. The maximum Gasteiger partial charge on any atom is 0.414 e. The van der Waals surface area contributed by atoms with Crippen molar-refractivity contribution >= 4 is 39.4 Å². The van der Waals surface area contributed by atoms with E-state index in [0.29, 0.717) is 21.4 Å². The Bertz CT molecular complexity index is 2380. The highest BCUT2D eigenvalue weighted by atomic mass is 35.5. The maximum absolute atomic E-state index is 15.1. The number of nitrogens with one attached hydrogen (secondary N) is 1. The lowest BCUT2D eigenvalue weighted by atomic mass is 9.81. The van der Waals surface area contributed by atoms with Crippen LogP contribution in [0.15, 0.2) is 96.5 Å². The van der Waals surface area contributed by atoms with Gasteiger partial charge in [0.05, 0.1) is 35.3 Å². The molecule has 1 aliphatic heterocycles. The highest BCUT2D eigenvalue weighted by molar-refractivity contribution is 7.90. The van der Waals surface area contributed by atoms with Crippen molar-refractivity contribution in [2.45, 2.75) is 44.5 Å². The fourth-order valence-electron chi connectivity index (χ4n) is 6.68. The van der Waals surface area contributed by atoms with E-state index in [-0.39, 0.29) is 46.6 Å². The summed E-state index contributed by atoms with van der Waals surface area (Å²) in [6.45, 7) is -2.23. The minimum absolute atomic E-state index is 0.0183. The zero-order chi connectivity index (χ0) is 41.1. The van der Waals surface area contributed by atoms with E-state index in [9.17, 15) is 35.9 Å². The Morgan fingerprint density at radius 2 is 1.74 bits per heavy atom. The minimum Gasteiger partial charge on any atom is -0.444 e. The number of aromatic nitrogens is 5. The average molecular weight is 831 g/mol. The van der Waals surface area contributed by atoms with E-state index in [1.54, 1.807) is 49.4 Å². The number of halogens is 5. The number of amides is 2. The van der Waals surface area contributed by atoms with Gasteiger partial charge in [0.1, 0.15) is 22.8 Å². The number of rotatable bonds is 14. The summed E-state index contributed by atoms with van der Waals surface area (Å²) < 4.78 is 85.9. The summed E-state index contributed by atoms with van der Waals surface area (Å²) in [6.07, 6.45) is 0.0553.